The van der Waals surface area contributed by atoms with Crippen molar-refractivity contribution in [3.8, 4) is 0 Å². The zero-order valence-electron chi connectivity index (χ0n) is 5.62. The van der Waals surface area contributed by atoms with Crippen LogP contribution in [0.15, 0.2) is 48.2 Å². The van der Waals surface area contributed by atoms with Crippen molar-refractivity contribution in [3.63, 3.8) is 0 Å². The number of fused-ring (bicyclic) bond motifs is 1. The summed E-state index contributed by atoms with van der Waals surface area (Å²) < 4.78 is 0. The number of nitrogens with one attached hydrogen (secondary N) is 1. The molecule has 1 atom stereocenters. The molecular weight excluding hydrogens is 122 g/mol. The van der Waals surface area contributed by atoms with Gasteiger partial charge in [0.2, 0.25) is 0 Å². The van der Waals surface area contributed by atoms with E-state index in [1.165, 1.54) is 5.57 Å². The number of rotatable bonds is 0. The lowest BCUT2D eigenvalue weighted by molar-refractivity contribution is 0.795. The predicted octanol–water partition coefficient (Wildman–Crippen LogP) is 1.52. The lowest BCUT2D eigenvalue weighted by Crippen LogP contribution is -2.26. The van der Waals surface area contributed by atoms with Crippen LogP contribution in [0.2, 0.25) is 0 Å². The van der Waals surface area contributed by atoms with Crippen LogP contribution in [0.1, 0.15) is 0 Å². The van der Waals surface area contributed by atoms with Gasteiger partial charge in [-0.1, -0.05) is 30.4 Å². The van der Waals surface area contributed by atoms with Crippen LogP contribution in [0.5, 0.6) is 0 Å². The fourth-order valence-corrected chi connectivity index (χ4v) is 1.19. The maximum atomic E-state index is 3.23. The third kappa shape index (κ3) is 0.798. The van der Waals surface area contributed by atoms with Gasteiger partial charge in [-0.3, -0.25) is 0 Å². The summed E-state index contributed by atoms with van der Waals surface area (Å²) in [5.74, 6) is 0. The van der Waals surface area contributed by atoms with Gasteiger partial charge in [-0.05, 0) is 17.8 Å². The smallest absolute Gasteiger partial charge is 0.0695 e. The highest BCUT2D eigenvalue weighted by molar-refractivity contribution is 5.40. The van der Waals surface area contributed by atoms with E-state index in [1.54, 1.807) is 0 Å². The third-order valence-corrected chi connectivity index (χ3v) is 1.72. The van der Waals surface area contributed by atoms with Crippen LogP contribution in [0, 0.1) is 0 Å². The molecule has 1 heteroatoms. The lowest BCUT2D eigenvalue weighted by Gasteiger charge is -2.19. The SMILES string of the molecule is C1=CNC2C=CC=CC2=C1. The van der Waals surface area contributed by atoms with E-state index in [4.69, 9.17) is 0 Å². The van der Waals surface area contributed by atoms with E-state index >= 15 is 0 Å². The van der Waals surface area contributed by atoms with E-state index in [1.807, 2.05) is 12.3 Å². The van der Waals surface area contributed by atoms with Gasteiger partial charge in [-0.15, -0.1) is 0 Å². The van der Waals surface area contributed by atoms with Crippen molar-refractivity contribution in [3.05, 3.63) is 48.2 Å². The van der Waals surface area contributed by atoms with Gasteiger partial charge in [-0.2, -0.15) is 0 Å². The van der Waals surface area contributed by atoms with Gasteiger partial charge in [0.1, 0.15) is 0 Å². The molecule has 0 bridgehead atoms. The van der Waals surface area contributed by atoms with Crippen molar-refractivity contribution in [2.24, 2.45) is 0 Å². The quantitative estimate of drug-likeness (QED) is 0.525. The highest BCUT2D eigenvalue weighted by atomic mass is 14.9. The van der Waals surface area contributed by atoms with Crippen molar-refractivity contribution in [1.82, 2.24) is 5.32 Å². The summed E-state index contributed by atoms with van der Waals surface area (Å²) in [7, 11) is 0. The number of allylic oxidation sites excluding steroid dienone is 4. The van der Waals surface area contributed by atoms with Crippen LogP contribution in [0.3, 0.4) is 0 Å². The molecule has 2 rings (SSSR count). The number of hydrogen-bond donors (Lipinski definition) is 1. The van der Waals surface area contributed by atoms with Crippen LogP contribution in [0.4, 0.5) is 0 Å². The average Bonchev–Trinajstić information content (AvgIpc) is 2.05. The van der Waals surface area contributed by atoms with E-state index in [2.05, 4.69) is 35.7 Å². The summed E-state index contributed by atoms with van der Waals surface area (Å²) >= 11 is 0. The van der Waals surface area contributed by atoms with Crippen molar-refractivity contribution in [1.29, 1.82) is 0 Å². The van der Waals surface area contributed by atoms with E-state index in [0.717, 1.165) is 0 Å². The number of hydrogen-bond acceptors (Lipinski definition) is 1. The second-order valence-electron chi connectivity index (χ2n) is 2.41. The number of dihydropyridines is 1. The molecule has 0 saturated carbocycles. The van der Waals surface area contributed by atoms with Gasteiger partial charge in [0.25, 0.3) is 0 Å². The summed E-state index contributed by atoms with van der Waals surface area (Å²) in [5, 5.41) is 3.23. The zero-order valence-corrected chi connectivity index (χ0v) is 5.62. The maximum absolute atomic E-state index is 3.23. The van der Waals surface area contributed by atoms with E-state index in [9.17, 15) is 0 Å². The Labute approximate surface area is 60.4 Å². The molecular formula is C9H9N. The first-order valence-electron chi connectivity index (χ1n) is 3.44. The molecule has 1 aliphatic heterocycles. The van der Waals surface area contributed by atoms with Gasteiger partial charge in [0, 0.05) is 0 Å². The van der Waals surface area contributed by atoms with Crippen molar-refractivity contribution >= 4 is 0 Å². The minimum Gasteiger partial charge on any atom is -0.381 e. The third-order valence-electron chi connectivity index (χ3n) is 1.72. The summed E-state index contributed by atoms with van der Waals surface area (Å²) in [6.07, 6.45) is 14.5. The van der Waals surface area contributed by atoms with Crippen LogP contribution in [-0.2, 0) is 0 Å². The first kappa shape index (κ1) is 5.54. The Morgan fingerprint density at radius 2 is 2.20 bits per heavy atom. The Morgan fingerprint density at radius 1 is 1.20 bits per heavy atom. The summed E-state index contributed by atoms with van der Waals surface area (Å²) in [6.45, 7) is 0. The first-order chi connectivity index (χ1) is 4.97. The summed E-state index contributed by atoms with van der Waals surface area (Å²) in [5.41, 5.74) is 1.34. The second-order valence-corrected chi connectivity index (χ2v) is 2.41. The van der Waals surface area contributed by atoms with Gasteiger partial charge in [-0.25, -0.2) is 0 Å². The highest BCUT2D eigenvalue weighted by Gasteiger charge is 2.09. The molecule has 0 amide bonds. The predicted molar refractivity (Wildman–Crippen MR) is 42.4 cm³/mol. The van der Waals surface area contributed by atoms with E-state index < -0.39 is 0 Å². The summed E-state index contributed by atoms with van der Waals surface area (Å²) in [4.78, 5) is 0. The van der Waals surface area contributed by atoms with Crippen LogP contribution >= 0.6 is 0 Å². The highest BCUT2D eigenvalue weighted by Crippen LogP contribution is 2.13. The monoisotopic (exact) mass is 131 g/mol. The van der Waals surface area contributed by atoms with Crippen molar-refractivity contribution in [2.75, 3.05) is 0 Å². The Morgan fingerprint density at radius 3 is 3.10 bits per heavy atom. The largest absolute Gasteiger partial charge is 0.381 e. The molecule has 10 heavy (non-hydrogen) atoms. The molecule has 0 radical (unpaired) electrons. The van der Waals surface area contributed by atoms with Crippen molar-refractivity contribution in [2.45, 2.75) is 6.04 Å². The Balaban J connectivity index is 2.34. The fraction of sp³-hybridized carbons (Fsp3) is 0.111. The molecule has 0 saturated heterocycles. The standard InChI is InChI=1S/C9H9N/c1-2-6-9-8(4-1)5-3-7-10-9/h1-7,9-10H. The zero-order chi connectivity index (χ0) is 6.81. The molecule has 1 nitrogen and oxygen atoms in total. The molecule has 1 aliphatic carbocycles. The van der Waals surface area contributed by atoms with E-state index in [-0.39, 0.29) is 0 Å². The van der Waals surface area contributed by atoms with Gasteiger partial charge < -0.3 is 5.32 Å². The van der Waals surface area contributed by atoms with Gasteiger partial charge in [0.15, 0.2) is 0 Å². The Kier molecular flexibility index (Phi) is 1.21. The maximum Gasteiger partial charge on any atom is 0.0695 e. The Hall–Kier alpha value is -1.24. The van der Waals surface area contributed by atoms with Gasteiger partial charge >= 0.3 is 0 Å². The normalized spacial score (nSPS) is 27.2. The first-order valence-corrected chi connectivity index (χ1v) is 3.44. The second kappa shape index (κ2) is 2.18. The average molecular weight is 131 g/mol. The molecule has 50 valence electrons. The minimum atomic E-state index is 0.412. The molecule has 0 spiro atoms. The minimum absolute atomic E-state index is 0.412. The molecule has 0 aromatic rings. The molecule has 1 heterocycles. The topological polar surface area (TPSA) is 12.0 Å². The molecule has 0 aromatic heterocycles. The van der Waals surface area contributed by atoms with Crippen molar-refractivity contribution < 1.29 is 0 Å². The summed E-state index contributed by atoms with van der Waals surface area (Å²) in [6, 6.07) is 0.412. The molecule has 0 fully saturated rings. The van der Waals surface area contributed by atoms with Crippen LogP contribution in [0.25, 0.3) is 0 Å². The molecule has 1 unspecified atom stereocenters. The van der Waals surface area contributed by atoms with Crippen LogP contribution < -0.4 is 5.32 Å². The lowest BCUT2D eigenvalue weighted by atomic mass is 10.0. The Bertz CT molecular complexity index is 243. The molecule has 1 N–H and O–H groups in total. The molecule has 2 aliphatic rings. The van der Waals surface area contributed by atoms with E-state index in [0.29, 0.717) is 6.04 Å². The fourth-order valence-electron chi connectivity index (χ4n) is 1.19. The van der Waals surface area contributed by atoms with Gasteiger partial charge in [0.05, 0.1) is 6.04 Å². The molecule has 0 aromatic carbocycles. The van der Waals surface area contributed by atoms with Crippen LogP contribution in [-0.4, -0.2) is 6.04 Å².